The second kappa shape index (κ2) is 8.42. The molecule has 0 atom stereocenters. The van der Waals surface area contributed by atoms with Gasteiger partial charge in [0, 0.05) is 11.3 Å². The topological polar surface area (TPSA) is 76.0 Å². The molecule has 7 heteroatoms. The van der Waals surface area contributed by atoms with Crippen LogP contribution in [-0.4, -0.2) is 44.4 Å². The highest BCUT2D eigenvalue weighted by Gasteiger charge is 2.32. The Hall–Kier alpha value is -2.96. The van der Waals surface area contributed by atoms with E-state index in [9.17, 15) is 9.59 Å². The summed E-state index contributed by atoms with van der Waals surface area (Å²) in [5.74, 6) is -0.316. The van der Waals surface area contributed by atoms with Crippen molar-refractivity contribution >= 4 is 11.9 Å². The lowest BCUT2D eigenvalue weighted by molar-refractivity contribution is 0.0552. The van der Waals surface area contributed by atoms with Gasteiger partial charge in [0.1, 0.15) is 11.3 Å². The van der Waals surface area contributed by atoms with E-state index in [0.717, 1.165) is 5.56 Å². The van der Waals surface area contributed by atoms with Crippen LogP contribution in [0.25, 0.3) is 0 Å². The quantitative estimate of drug-likeness (QED) is 0.706. The summed E-state index contributed by atoms with van der Waals surface area (Å²) in [6.45, 7) is 4.21. The van der Waals surface area contributed by atoms with Gasteiger partial charge in [-0.2, -0.15) is 0 Å². The number of para-hydroxylation sites is 1. The molecule has 1 aromatic heterocycles. The number of carbonyl (C=O) groups excluding carboxylic acids is 2. The monoisotopic (exact) mass is 361 g/mol. The molecule has 0 bridgehead atoms. The molecule has 0 unspecified atom stereocenters. The molecule has 0 fully saturated rings. The van der Waals surface area contributed by atoms with Gasteiger partial charge in [0.15, 0.2) is 0 Å². The molecule has 0 saturated heterocycles. The minimum atomic E-state index is -0.657. The SMILES string of the molecule is CCOc1c(C(=O)OC)c(C(=O)OC)c(C)n1Cc1ccccc1OC. The number of benzene rings is 1. The lowest BCUT2D eigenvalue weighted by atomic mass is 10.1. The largest absolute Gasteiger partial charge is 0.496 e. The third-order valence-electron chi connectivity index (χ3n) is 4.06. The summed E-state index contributed by atoms with van der Waals surface area (Å²) >= 11 is 0. The van der Waals surface area contributed by atoms with Gasteiger partial charge in [-0.05, 0) is 19.9 Å². The van der Waals surface area contributed by atoms with Crippen LogP contribution in [0.2, 0.25) is 0 Å². The van der Waals surface area contributed by atoms with E-state index in [1.165, 1.54) is 14.2 Å². The number of carbonyl (C=O) groups is 2. The lowest BCUT2D eigenvalue weighted by Crippen LogP contribution is -2.11. The summed E-state index contributed by atoms with van der Waals surface area (Å²) in [6, 6.07) is 7.51. The molecule has 0 aliphatic rings. The minimum absolute atomic E-state index is 0.0635. The zero-order chi connectivity index (χ0) is 19.3. The number of methoxy groups -OCH3 is 3. The molecule has 0 aliphatic carbocycles. The van der Waals surface area contributed by atoms with Crippen molar-refractivity contribution in [2.75, 3.05) is 27.9 Å². The van der Waals surface area contributed by atoms with Crippen molar-refractivity contribution < 1.29 is 28.5 Å². The van der Waals surface area contributed by atoms with Gasteiger partial charge in [-0.25, -0.2) is 9.59 Å². The van der Waals surface area contributed by atoms with E-state index in [0.29, 0.717) is 24.6 Å². The van der Waals surface area contributed by atoms with Gasteiger partial charge >= 0.3 is 11.9 Å². The molecule has 1 aromatic carbocycles. The Morgan fingerprint density at radius 1 is 1.00 bits per heavy atom. The zero-order valence-corrected chi connectivity index (χ0v) is 15.6. The molecule has 0 spiro atoms. The van der Waals surface area contributed by atoms with Gasteiger partial charge in [-0.1, -0.05) is 18.2 Å². The Labute approximate surface area is 152 Å². The van der Waals surface area contributed by atoms with Crippen molar-refractivity contribution in [3.63, 3.8) is 0 Å². The molecule has 140 valence electrons. The first-order chi connectivity index (χ1) is 12.5. The normalized spacial score (nSPS) is 10.3. The van der Waals surface area contributed by atoms with E-state index in [1.807, 2.05) is 24.3 Å². The standard InChI is InChI=1S/C19H23NO6/c1-6-26-17-16(19(22)25-5)15(18(21)24-4)12(2)20(17)11-13-9-7-8-10-14(13)23-3/h7-10H,6,11H2,1-5H3. The molecular weight excluding hydrogens is 338 g/mol. The van der Waals surface area contributed by atoms with Crippen LogP contribution in [0.15, 0.2) is 24.3 Å². The van der Waals surface area contributed by atoms with Crippen LogP contribution in [0.4, 0.5) is 0 Å². The minimum Gasteiger partial charge on any atom is -0.496 e. The van der Waals surface area contributed by atoms with E-state index < -0.39 is 11.9 Å². The molecule has 7 nitrogen and oxygen atoms in total. The number of nitrogens with zero attached hydrogens (tertiary/aromatic N) is 1. The van der Waals surface area contributed by atoms with Gasteiger partial charge in [-0.15, -0.1) is 0 Å². The average molecular weight is 361 g/mol. The number of ether oxygens (including phenoxy) is 4. The van der Waals surface area contributed by atoms with Gasteiger partial charge < -0.3 is 23.5 Å². The second-order valence-corrected chi connectivity index (χ2v) is 5.45. The number of hydrogen-bond acceptors (Lipinski definition) is 6. The molecule has 2 aromatic rings. The maximum atomic E-state index is 12.3. The van der Waals surface area contributed by atoms with Gasteiger partial charge in [-0.3, -0.25) is 0 Å². The Morgan fingerprint density at radius 3 is 2.19 bits per heavy atom. The first-order valence-electron chi connectivity index (χ1n) is 8.14. The predicted octanol–water partition coefficient (Wildman–Crippen LogP) is 2.83. The van der Waals surface area contributed by atoms with Crippen LogP contribution < -0.4 is 9.47 Å². The van der Waals surface area contributed by atoms with Crippen LogP contribution in [0, 0.1) is 6.92 Å². The Morgan fingerprint density at radius 2 is 1.62 bits per heavy atom. The summed E-state index contributed by atoms with van der Waals surface area (Å²) in [5, 5.41) is 0. The highest BCUT2D eigenvalue weighted by atomic mass is 16.5. The molecule has 26 heavy (non-hydrogen) atoms. The van der Waals surface area contributed by atoms with Gasteiger partial charge in [0.25, 0.3) is 0 Å². The van der Waals surface area contributed by atoms with Gasteiger partial charge in [0.05, 0.1) is 40.0 Å². The van der Waals surface area contributed by atoms with Crippen molar-refractivity contribution in [2.45, 2.75) is 20.4 Å². The Kier molecular flexibility index (Phi) is 6.27. The van der Waals surface area contributed by atoms with Crippen LogP contribution in [-0.2, 0) is 16.0 Å². The zero-order valence-electron chi connectivity index (χ0n) is 15.6. The third-order valence-corrected chi connectivity index (χ3v) is 4.06. The lowest BCUT2D eigenvalue weighted by Gasteiger charge is -2.14. The first kappa shape index (κ1) is 19.4. The summed E-state index contributed by atoms with van der Waals surface area (Å²) < 4.78 is 22.6. The molecule has 1 heterocycles. The number of hydrogen-bond donors (Lipinski definition) is 0. The van der Waals surface area contributed by atoms with Crippen molar-refractivity contribution in [1.82, 2.24) is 4.57 Å². The molecule has 0 saturated carbocycles. The van der Waals surface area contributed by atoms with Crippen molar-refractivity contribution in [3.05, 3.63) is 46.6 Å². The average Bonchev–Trinajstić information content (AvgIpc) is 2.93. The van der Waals surface area contributed by atoms with Gasteiger partial charge in [0.2, 0.25) is 5.88 Å². The van der Waals surface area contributed by atoms with Crippen molar-refractivity contribution in [3.8, 4) is 11.6 Å². The van der Waals surface area contributed by atoms with E-state index in [4.69, 9.17) is 18.9 Å². The van der Waals surface area contributed by atoms with Crippen LogP contribution in [0.1, 0.15) is 38.9 Å². The highest BCUT2D eigenvalue weighted by molar-refractivity contribution is 6.06. The first-order valence-corrected chi connectivity index (χ1v) is 8.14. The van der Waals surface area contributed by atoms with Crippen LogP contribution >= 0.6 is 0 Å². The van der Waals surface area contributed by atoms with Crippen molar-refractivity contribution in [1.29, 1.82) is 0 Å². The summed E-state index contributed by atoms with van der Waals surface area (Å²) in [5.41, 5.74) is 1.62. The molecule has 0 amide bonds. The number of rotatable bonds is 7. The predicted molar refractivity (Wildman–Crippen MR) is 95.1 cm³/mol. The highest BCUT2D eigenvalue weighted by Crippen LogP contribution is 2.33. The Balaban J connectivity index is 2.69. The van der Waals surface area contributed by atoms with E-state index >= 15 is 0 Å². The molecule has 2 rings (SSSR count). The molecule has 0 N–H and O–H groups in total. The van der Waals surface area contributed by atoms with E-state index in [1.54, 1.807) is 25.5 Å². The molecular formula is C19H23NO6. The Bertz CT molecular complexity index is 809. The number of aromatic nitrogens is 1. The second-order valence-electron chi connectivity index (χ2n) is 5.45. The van der Waals surface area contributed by atoms with E-state index in [2.05, 4.69) is 0 Å². The summed E-state index contributed by atoms with van der Waals surface area (Å²) in [6.07, 6.45) is 0. The smallest absolute Gasteiger partial charge is 0.344 e. The van der Waals surface area contributed by atoms with Crippen LogP contribution in [0.5, 0.6) is 11.6 Å². The molecule has 0 aliphatic heterocycles. The van der Waals surface area contributed by atoms with E-state index in [-0.39, 0.29) is 17.0 Å². The fourth-order valence-electron chi connectivity index (χ4n) is 2.83. The van der Waals surface area contributed by atoms with Crippen molar-refractivity contribution in [2.24, 2.45) is 0 Å². The summed E-state index contributed by atoms with van der Waals surface area (Å²) in [4.78, 5) is 24.6. The maximum Gasteiger partial charge on any atom is 0.344 e. The maximum absolute atomic E-state index is 12.3. The number of esters is 2. The molecule has 0 radical (unpaired) electrons. The third kappa shape index (κ3) is 3.51. The fraction of sp³-hybridized carbons (Fsp3) is 0.368. The fourth-order valence-corrected chi connectivity index (χ4v) is 2.83. The summed E-state index contributed by atoms with van der Waals surface area (Å²) in [7, 11) is 4.11. The van der Waals surface area contributed by atoms with Crippen LogP contribution in [0.3, 0.4) is 0 Å².